The van der Waals surface area contributed by atoms with Gasteiger partial charge in [0.05, 0.1) is 17.9 Å². The number of carbonyl (C=O) groups is 1. The van der Waals surface area contributed by atoms with Crippen LogP contribution in [0.2, 0.25) is 0 Å². The first-order valence-electron chi connectivity index (χ1n) is 8.25. The maximum absolute atomic E-state index is 11.8. The van der Waals surface area contributed by atoms with Gasteiger partial charge >= 0.3 is 0 Å². The van der Waals surface area contributed by atoms with Crippen molar-refractivity contribution in [3.05, 3.63) is 34.9 Å². The molecule has 0 spiro atoms. The molecule has 1 unspecified atom stereocenters. The van der Waals surface area contributed by atoms with Crippen LogP contribution < -0.4 is 15.4 Å². The highest BCUT2D eigenvalue weighted by atomic mass is 16.2. The van der Waals surface area contributed by atoms with Gasteiger partial charge in [0.2, 0.25) is 5.91 Å². The molecule has 0 bridgehead atoms. The van der Waals surface area contributed by atoms with Gasteiger partial charge in [0.1, 0.15) is 5.82 Å². The lowest BCUT2D eigenvalue weighted by atomic mass is 10.3. The molecule has 2 fully saturated rings. The van der Waals surface area contributed by atoms with Crippen LogP contribution in [0.5, 0.6) is 0 Å². The van der Waals surface area contributed by atoms with Crippen LogP contribution in [-0.4, -0.2) is 45.1 Å². The number of amides is 1. The van der Waals surface area contributed by atoms with Crippen molar-refractivity contribution in [1.82, 2.24) is 19.6 Å². The van der Waals surface area contributed by atoms with Crippen LogP contribution in [0.1, 0.15) is 25.3 Å². The molecule has 24 heavy (non-hydrogen) atoms. The predicted octanol–water partition coefficient (Wildman–Crippen LogP) is 0.555. The number of hydrogen-bond donors (Lipinski definition) is 0. The Bertz CT molecular complexity index is 826. The summed E-state index contributed by atoms with van der Waals surface area (Å²) in [5.41, 5.74) is 0.776. The number of aryl methyl sites for hydroxylation is 1. The molecule has 0 saturated carbocycles. The minimum Gasteiger partial charge on any atom is -0.353 e. The average Bonchev–Trinajstić information content (AvgIpc) is 3.28. The van der Waals surface area contributed by atoms with E-state index in [-0.39, 0.29) is 17.5 Å². The van der Waals surface area contributed by atoms with E-state index in [1.165, 1.54) is 4.68 Å². The van der Waals surface area contributed by atoms with Gasteiger partial charge in [-0.05, 0) is 18.9 Å². The molecular formula is C16H20N6O2. The predicted molar refractivity (Wildman–Crippen MR) is 89.2 cm³/mol. The number of carbonyl (C=O) groups excluding carboxylic acids is 1. The highest BCUT2D eigenvalue weighted by Gasteiger charge is 2.28. The van der Waals surface area contributed by atoms with Gasteiger partial charge in [-0.3, -0.25) is 14.3 Å². The molecule has 2 aliphatic heterocycles. The van der Waals surface area contributed by atoms with Crippen LogP contribution in [0.15, 0.2) is 29.3 Å². The van der Waals surface area contributed by atoms with Crippen molar-refractivity contribution in [1.29, 1.82) is 0 Å². The van der Waals surface area contributed by atoms with E-state index >= 15 is 0 Å². The molecule has 0 N–H and O–H groups in total. The summed E-state index contributed by atoms with van der Waals surface area (Å²) in [6, 6.07) is 3.55. The minimum atomic E-state index is -0.110. The van der Waals surface area contributed by atoms with Crippen molar-refractivity contribution in [2.45, 2.75) is 25.3 Å². The Morgan fingerprint density at radius 1 is 1.21 bits per heavy atom. The fourth-order valence-corrected chi connectivity index (χ4v) is 3.41. The second kappa shape index (κ2) is 5.77. The van der Waals surface area contributed by atoms with Crippen molar-refractivity contribution in [2.75, 3.05) is 29.4 Å². The lowest BCUT2D eigenvalue weighted by molar-refractivity contribution is -0.117. The van der Waals surface area contributed by atoms with E-state index in [2.05, 4.69) is 15.1 Å². The maximum Gasteiger partial charge on any atom is 0.266 e. The second-order valence-corrected chi connectivity index (χ2v) is 6.37. The number of anilines is 2. The van der Waals surface area contributed by atoms with E-state index in [1.54, 1.807) is 25.4 Å². The Labute approximate surface area is 139 Å². The zero-order chi connectivity index (χ0) is 16.7. The van der Waals surface area contributed by atoms with Gasteiger partial charge < -0.3 is 9.80 Å². The largest absolute Gasteiger partial charge is 0.353 e. The number of hydrogen-bond acceptors (Lipinski definition) is 5. The van der Waals surface area contributed by atoms with Gasteiger partial charge in [-0.1, -0.05) is 0 Å². The van der Waals surface area contributed by atoms with Crippen LogP contribution in [0.25, 0.3) is 0 Å². The number of nitrogens with zero attached hydrogens (tertiary/aromatic N) is 6. The molecule has 0 aromatic carbocycles. The maximum atomic E-state index is 11.8. The molecule has 2 saturated heterocycles. The van der Waals surface area contributed by atoms with E-state index in [1.807, 2.05) is 15.8 Å². The number of rotatable bonds is 3. The molecule has 8 heteroatoms. The minimum absolute atomic E-state index is 0.110. The molecule has 0 aliphatic carbocycles. The van der Waals surface area contributed by atoms with Gasteiger partial charge in [-0.25, -0.2) is 4.68 Å². The normalized spacial score (nSPS) is 21.0. The fraction of sp³-hybridized carbons (Fsp3) is 0.500. The van der Waals surface area contributed by atoms with Crippen LogP contribution in [0, 0.1) is 0 Å². The Balaban J connectivity index is 1.48. The van der Waals surface area contributed by atoms with Crippen LogP contribution in [-0.2, 0) is 11.8 Å². The van der Waals surface area contributed by atoms with E-state index in [4.69, 9.17) is 0 Å². The molecule has 4 rings (SSSR count). The Morgan fingerprint density at radius 3 is 2.83 bits per heavy atom. The lowest BCUT2D eigenvalue weighted by Crippen LogP contribution is -2.26. The van der Waals surface area contributed by atoms with Gasteiger partial charge in [0.25, 0.3) is 5.56 Å². The molecule has 4 heterocycles. The second-order valence-electron chi connectivity index (χ2n) is 6.37. The third-order valence-electron chi connectivity index (χ3n) is 4.78. The Hall–Kier alpha value is -2.64. The summed E-state index contributed by atoms with van der Waals surface area (Å²) in [5.74, 6) is 0.985. The first-order valence-corrected chi connectivity index (χ1v) is 8.25. The molecule has 2 aromatic rings. The molecule has 0 radical (unpaired) electrons. The smallest absolute Gasteiger partial charge is 0.266 e. The van der Waals surface area contributed by atoms with Gasteiger partial charge in [-0.2, -0.15) is 10.2 Å². The van der Waals surface area contributed by atoms with Crippen molar-refractivity contribution in [2.24, 2.45) is 7.05 Å². The van der Waals surface area contributed by atoms with E-state index in [9.17, 15) is 9.59 Å². The first-order chi connectivity index (χ1) is 11.6. The van der Waals surface area contributed by atoms with E-state index < -0.39 is 0 Å². The SMILES string of the molecule is Cn1nc(N2CCC(n3cc(N4CCCC4=O)cn3)C2)ccc1=O. The van der Waals surface area contributed by atoms with E-state index in [0.717, 1.165) is 44.0 Å². The molecule has 2 aromatic heterocycles. The molecule has 1 amide bonds. The fourth-order valence-electron chi connectivity index (χ4n) is 3.41. The highest BCUT2D eigenvalue weighted by molar-refractivity contribution is 5.95. The van der Waals surface area contributed by atoms with Crippen LogP contribution in [0.4, 0.5) is 11.5 Å². The number of aromatic nitrogens is 4. The van der Waals surface area contributed by atoms with E-state index in [0.29, 0.717) is 6.42 Å². The monoisotopic (exact) mass is 328 g/mol. The van der Waals surface area contributed by atoms with Gasteiger partial charge in [0, 0.05) is 45.4 Å². The summed E-state index contributed by atoms with van der Waals surface area (Å²) < 4.78 is 3.30. The van der Waals surface area contributed by atoms with Crippen LogP contribution in [0.3, 0.4) is 0 Å². The average molecular weight is 328 g/mol. The van der Waals surface area contributed by atoms with Gasteiger partial charge in [-0.15, -0.1) is 0 Å². The topological polar surface area (TPSA) is 76.3 Å². The molecular weight excluding hydrogens is 308 g/mol. The summed E-state index contributed by atoms with van der Waals surface area (Å²) in [7, 11) is 1.66. The third-order valence-corrected chi connectivity index (χ3v) is 4.78. The first kappa shape index (κ1) is 14.9. The molecule has 8 nitrogen and oxygen atoms in total. The van der Waals surface area contributed by atoms with Crippen molar-refractivity contribution < 1.29 is 4.79 Å². The summed E-state index contributed by atoms with van der Waals surface area (Å²) in [6.07, 6.45) is 6.24. The van der Waals surface area contributed by atoms with Crippen LogP contribution >= 0.6 is 0 Å². The summed E-state index contributed by atoms with van der Waals surface area (Å²) in [5, 5.41) is 8.77. The summed E-state index contributed by atoms with van der Waals surface area (Å²) in [6.45, 7) is 2.44. The third kappa shape index (κ3) is 2.57. The van der Waals surface area contributed by atoms with Gasteiger partial charge in [0.15, 0.2) is 0 Å². The Kier molecular flexibility index (Phi) is 3.59. The summed E-state index contributed by atoms with van der Waals surface area (Å²) in [4.78, 5) is 27.3. The molecule has 126 valence electrons. The van der Waals surface area contributed by atoms with Crippen molar-refractivity contribution >= 4 is 17.4 Å². The lowest BCUT2D eigenvalue weighted by Gasteiger charge is -2.17. The zero-order valence-corrected chi connectivity index (χ0v) is 13.6. The Morgan fingerprint density at radius 2 is 2.08 bits per heavy atom. The standard InChI is InChI=1S/C16H20N6O2/c1-19-15(23)5-4-14(18-19)20-8-6-12(10-20)22-11-13(9-17-22)21-7-2-3-16(21)24/h4-5,9,11-12H,2-3,6-8,10H2,1H3. The van der Waals surface area contributed by atoms with Crippen molar-refractivity contribution in [3.63, 3.8) is 0 Å². The summed E-state index contributed by atoms with van der Waals surface area (Å²) >= 11 is 0. The molecule has 2 aliphatic rings. The zero-order valence-electron chi connectivity index (χ0n) is 13.6. The highest BCUT2D eigenvalue weighted by Crippen LogP contribution is 2.27. The quantitative estimate of drug-likeness (QED) is 0.823. The van der Waals surface area contributed by atoms with Crippen molar-refractivity contribution in [3.8, 4) is 0 Å². The molecule has 1 atom stereocenters.